The van der Waals surface area contributed by atoms with E-state index in [1.54, 1.807) is 7.05 Å². The molecule has 0 radical (unpaired) electrons. The first-order valence-electron chi connectivity index (χ1n) is 10.5. The minimum atomic E-state index is -0.511. The van der Waals surface area contributed by atoms with Gasteiger partial charge in [0, 0.05) is 6.92 Å². The van der Waals surface area contributed by atoms with Gasteiger partial charge in [-0.1, -0.05) is 30.3 Å². The molecule has 0 aliphatic rings. The van der Waals surface area contributed by atoms with E-state index in [1.165, 1.54) is 17.1 Å². The van der Waals surface area contributed by atoms with Crippen LogP contribution in [0.3, 0.4) is 0 Å². The fourth-order valence-corrected chi connectivity index (χ4v) is 3.92. The molecule has 0 saturated carbocycles. The van der Waals surface area contributed by atoms with E-state index in [1.807, 2.05) is 41.8 Å². The summed E-state index contributed by atoms with van der Waals surface area (Å²) in [7, 11) is 1.62. The first kappa shape index (κ1) is 21.4. The molecule has 164 valence electrons. The molecule has 0 spiro atoms. The summed E-state index contributed by atoms with van der Waals surface area (Å²) in [6.45, 7) is 4.01. The molecule has 0 amide bonds. The highest BCUT2D eigenvalue weighted by molar-refractivity contribution is 5.80. The molecule has 2 aromatic carbocycles. The predicted molar refractivity (Wildman–Crippen MR) is 120 cm³/mol. The van der Waals surface area contributed by atoms with Crippen LogP contribution in [0.5, 0.6) is 0 Å². The van der Waals surface area contributed by atoms with Crippen LogP contribution < -0.4 is 15.8 Å². The van der Waals surface area contributed by atoms with E-state index in [-0.39, 0.29) is 18.1 Å². The van der Waals surface area contributed by atoms with Crippen molar-refractivity contribution in [3.8, 4) is 0 Å². The van der Waals surface area contributed by atoms with Crippen LogP contribution in [0.2, 0.25) is 0 Å². The number of H-pyrrole nitrogens is 1. The number of aryl methyl sites for hydroxylation is 4. The Morgan fingerprint density at radius 3 is 2.66 bits per heavy atom. The van der Waals surface area contributed by atoms with Gasteiger partial charge in [0.05, 0.1) is 13.6 Å². The number of hydrogen-bond donors (Lipinski definition) is 1. The topological polar surface area (TPSA) is 97.9 Å². The van der Waals surface area contributed by atoms with Crippen molar-refractivity contribution in [1.82, 2.24) is 14.5 Å². The molecular formula is C24H25N4O4+. The van der Waals surface area contributed by atoms with Gasteiger partial charge in [0.25, 0.3) is 5.56 Å². The van der Waals surface area contributed by atoms with Gasteiger partial charge in [-0.25, -0.2) is 14.3 Å². The van der Waals surface area contributed by atoms with Crippen LogP contribution in [0, 0.1) is 6.92 Å². The predicted octanol–water partition coefficient (Wildman–Crippen LogP) is 2.07. The number of carbonyl (C=O) groups is 1. The number of ether oxygens (including phenoxy) is 1. The smallest absolute Gasteiger partial charge is 0.415 e. The number of fused-ring (bicyclic) bond motifs is 2. The first-order chi connectivity index (χ1) is 15.3. The summed E-state index contributed by atoms with van der Waals surface area (Å²) in [6.07, 6.45) is 1.65. The molecule has 0 unspecified atom stereocenters. The lowest BCUT2D eigenvalue weighted by Crippen LogP contribution is -2.43. The summed E-state index contributed by atoms with van der Waals surface area (Å²) in [5.41, 5.74) is 4.06. The van der Waals surface area contributed by atoms with Crippen LogP contribution in [-0.2, 0) is 36.2 Å². The number of nitrogens with zero attached hydrogens (tertiary/aromatic N) is 3. The lowest BCUT2D eigenvalue weighted by molar-refractivity contribution is -0.648. The number of esters is 1. The third-order valence-electron chi connectivity index (χ3n) is 5.60. The van der Waals surface area contributed by atoms with Gasteiger partial charge in [0.2, 0.25) is 5.52 Å². The van der Waals surface area contributed by atoms with Crippen molar-refractivity contribution in [2.24, 2.45) is 7.05 Å². The second kappa shape index (κ2) is 8.74. The molecule has 2 heterocycles. The zero-order valence-corrected chi connectivity index (χ0v) is 18.3. The maximum atomic E-state index is 12.6. The van der Waals surface area contributed by atoms with Crippen LogP contribution in [0.1, 0.15) is 30.0 Å². The van der Waals surface area contributed by atoms with Gasteiger partial charge in [-0.2, -0.15) is 4.57 Å². The number of aromatic amines is 1. The summed E-state index contributed by atoms with van der Waals surface area (Å²) in [6, 6.07) is 14.0. The average Bonchev–Trinajstić information content (AvgIpc) is 2.76. The van der Waals surface area contributed by atoms with E-state index in [9.17, 15) is 14.4 Å². The summed E-state index contributed by atoms with van der Waals surface area (Å²) in [4.78, 5) is 43.1. The normalized spacial score (nSPS) is 11.2. The molecule has 0 atom stereocenters. The van der Waals surface area contributed by atoms with Gasteiger partial charge in [-0.3, -0.25) is 14.6 Å². The number of benzene rings is 2. The van der Waals surface area contributed by atoms with Crippen LogP contribution in [-0.4, -0.2) is 20.5 Å². The zero-order valence-electron chi connectivity index (χ0n) is 18.3. The Kier molecular flexibility index (Phi) is 5.85. The van der Waals surface area contributed by atoms with Gasteiger partial charge in [0.15, 0.2) is 5.52 Å². The Morgan fingerprint density at radius 2 is 1.94 bits per heavy atom. The number of aromatic nitrogens is 4. The molecule has 1 N–H and O–H groups in total. The lowest BCUT2D eigenvalue weighted by Gasteiger charge is -2.12. The lowest BCUT2D eigenvalue weighted by atomic mass is 10.1. The number of nitrogens with one attached hydrogen (secondary N) is 1. The van der Waals surface area contributed by atoms with Gasteiger partial charge in [-0.05, 0) is 48.6 Å². The molecule has 0 bridgehead atoms. The van der Waals surface area contributed by atoms with Crippen LogP contribution in [0.15, 0.2) is 52.1 Å². The van der Waals surface area contributed by atoms with Crippen molar-refractivity contribution >= 4 is 28.2 Å². The minimum absolute atomic E-state index is 0.146. The Morgan fingerprint density at radius 1 is 1.19 bits per heavy atom. The van der Waals surface area contributed by atoms with Crippen molar-refractivity contribution in [2.45, 2.75) is 39.8 Å². The monoisotopic (exact) mass is 433 g/mol. The van der Waals surface area contributed by atoms with Gasteiger partial charge in [-0.15, -0.1) is 0 Å². The summed E-state index contributed by atoms with van der Waals surface area (Å²) >= 11 is 0. The molecule has 0 aliphatic carbocycles. The van der Waals surface area contributed by atoms with E-state index in [4.69, 9.17) is 4.74 Å². The molecule has 0 aliphatic heterocycles. The molecule has 2 aromatic heterocycles. The highest BCUT2D eigenvalue weighted by Crippen LogP contribution is 2.19. The van der Waals surface area contributed by atoms with Crippen molar-refractivity contribution < 1.29 is 14.1 Å². The van der Waals surface area contributed by atoms with E-state index in [0.717, 1.165) is 29.5 Å². The quantitative estimate of drug-likeness (QED) is 0.285. The average molecular weight is 433 g/mol. The molecule has 4 rings (SSSR count). The fourth-order valence-electron chi connectivity index (χ4n) is 3.92. The third-order valence-corrected chi connectivity index (χ3v) is 5.60. The molecular weight excluding hydrogens is 408 g/mol. The van der Waals surface area contributed by atoms with E-state index >= 15 is 0 Å². The van der Waals surface area contributed by atoms with E-state index in [0.29, 0.717) is 17.7 Å². The van der Waals surface area contributed by atoms with Crippen LogP contribution in [0.4, 0.5) is 0 Å². The molecule has 0 saturated heterocycles. The zero-order chi connectivity index (χ0) is 22.8. The first-order valence-corrected chi connectivity index (χ1v) is 10.5. The standard InChI is InChI=1S/C24H24N4O4/c1-15-12-19-20(13-18(15)14-32-16(2)29)28(11-7-10-17-8-5-4-6-9-17)23-21(25-19)22(30)26-24(31)27(23)3/h4-6,8-9,12-13H,7,10-11,14H2,1-3H3/p+1. The second-order valence-electron chi connectivity index (χ2n) is 7.89. The van der Waals surface area contributed by atoms with Crippen LogP contribution >= 0.6 is 0 Å². The fraction of sp³-hybridized carbons (Fsp3) is 0.292. The number of carbonyl (C=O) groups excluding carboxylic acids is 1. The minimum Gasteiger partial charge on any atom is -0.461 e. The van der Waals surface area contributed by atoms with E-state index < -0.39 is 11.2 Å². The third kappa shape index (κ3) is 4.16. The number of hydrogen-bond acceptors (Lipinski definition) is 5. The van der Waals surface area contributed by atoms with Gasteiger partial charge < -0.3 is 4.74 Å². The molecule has 8 heteroatoms. The van der Waals surface area contributed by atoms with Crippen molar-refractivity contribution in [3.05, 3.63) is 80.0 Å². The highest BCUT2D eigenvalue weighted by Gasteiger charge is 2.22. The SMILES string of the molecule is CC(=O)OCc1cc2c(cc1C)nc1c(=O)[nH]c(=O)n(C)c1[n+]2CCCc1ccccc1. The molecule has 0 fully saturated rings. The van der Waals surface area contributed by atoms with Gasteiger partial charge in [0.1, 0.15) is 12.1 Å². The summed E-state index contributed by atoms with van der Waals surface area (Å²) in [5, 5.41) is 0. The highest BCUT2D eigenvalue weighted by atomic mass is 16.5. The Balaban J connectivity index is 1.89. The molecule has 8 nitrogen and oxygen atoms in total. The number of rotatable bonds is 6. The van der Waals surface area contributed by atoms with Crippen molar-refractivity contribution in [1.29, 1.82) is 0 Å². The van der Waals surface area contributed by atoms with E-state index in [2.05, 4.69) is 22.1 Å². The molecule has 4 aromatic rings. The Hall–Kier alpha value is -3.81. The maximum absolute atomic E-state index is 12.6. The Bertz CT molecular complexity index is 1440. The van der Waals surface area contributed by atoms with Gasteiger partial charge >= 0.3 is 17.3 Å². The van der Waals surface area contributed by atoms with Crippen molar-refractivity contribution in [2.75, 3.05) is 0 Å². The summed E-state index contributed by atoms with van der Waals surface area (Å²) < 4.78 is 8.59. The van der Waals surface area contributed by atoms with Crippen LogP contribution in [0.25, 0.3) is 22.2 Å². The summed E-state index contributed by atoms with van der Waals surface area (Å²) in [5.74, 6) is -0.356. The maximum Gasteiger partial charge on any atom is 0.415 e. The Labute approximate surface area is 184 Å². The molecule has 32 heavy (non-hydrogen) atoms. The second-order valence-corrected chi connectivity index (χ2v) is 7.89. The largest absolute Gasteiger partial charge is 0.461 e. The van der Waals surface area contributed by atoms with Crippen molar-refractivity contribution in [3.63, 3.8) is 0 Å².